The summed E-state index contributed by atoms with van der Waals surface area (Å²) in [7, 11) is 0. The Morgan fingerprint density at radius 3 is 2.59 bits per heavy atom. The van der Waals surface area contributed by atoms with E-state index in [1.54, 1.807) is 0 Å². The molecule has 1 amide bonds. The van der Waals surface area contributed by atoms with Crippen LogP contribution in [0.25, 0.3) is 0 Å². The molecule has 1 atom stereocenters. The largest absolute Gasteiger partial charge is 0.492 e. The summed E-state index contributed by atoms with van der Waals surface area (Å²) in [5, 5.41) is 3.05. The topological polar surface area (TPSA) is 50.8 Å². The summed E-state index contributed by atoms with van der Waals surface area (Å²) >= 11 is 0. The Morgan fingerprint density at radius 2 is 1.78 bits per heavy atom. The van der Waals surface area contributed by atoms with Gasteiger partial charge in [-0.3, -0.25) is 9.69 Å². The Labute approximate surface area is 160 Å². The molecule has 0 aromatic heterocycles. The highest BCUT2D eigenvalue weighted by Crippen LogP contribution is 2.26. The molecule has 2 aliphatic heterocycles. The van der Waals surface area contributed by atoms with Crippen molar-refractivity contribution in [1.82, 2.24) is 10.2 Å². The number of carbonyl (C=O) groups excluding carboxylic acids is 1. The van der Waals surface area contributed by atoms with Crippen LogP contribution >= 0.6 is 0 Å². The maximum atomic E-state index is 12.5. The fraction of sp³-hybridized carbons (Fsp3) is 0.409. The van der Waals surface area contributed by atoms with Crippen molar-refractivity contribution in [1.29, 1.82) is 0 Å². The molecule has 2 aliphatic rings. The maximum absolute atomic E-state index is 12.5. The van der Waals surface area contributed by atoms with Gasteiger partial charge in [-0.1, -0.05) is 42.5 Å². The van der Waals surface area contributed by atoms with Gasteiger partial charge in [-0.15, -0.1) is 0 Å². The van der Waals surface area contributed by atoms with Crippen molar-refractivity contribution < 1.29 is 14.3 Å². The number of rotatable bonds is 5. The van der Waals surface area contributed by atoms with E-state index in [2.05, 4.69) is 34.5 Å². The van der Waals surface area contributed by atoms with E-state index in [1.165, 1.54) is 5.56 Å². The van der Waals surface area contributed by atoms with E-state index >= 15 is 0 Å². The van der Waals surface area contributed by atoms with Crippen molar-refractivity contribution in [2.75, 3.05) is 32.9 Å². The van der Waals surface area contributed by atoms with E-state index in [0.29, 0.717) is 13.2 Å². The molecule has 0 aliphatic carbocycles. The lowest BCUT2D eigenvalue weighted by Gasteiger charge is -2.26. The number of nitrogens with zero attached hydrogens (tertiary/aromatic N) is 1. The predicted molar refractivity (Wildman–Crippen MR) is 104 cm³/mol. The van der Waals surface area contributed by atoms with Crippen molar-refractivity contribution in [3.63, 3.8) is 0 Å². The van der Waals surface area contributed by atoms with Gasteiger partial charge in [-0.2, -0.15) is 0 Å². The molecule has 2 aromatic carbocycles. The monoisotopic (exact) mass is 366 g/mol. The molecule has 0 spiro atoms. The number of morpholine rings is 1. The molecule has 142 valence electrons. The standard InChI is InChI=1S/C22H26N2O3/c25-22(20-13-19-3-1-2-4-21(19)27-16-20)23-14-17-5-7-18(8-6-17)15-24-9-11-26-12-10-24/h1-8,20H,9-16H2,(H,23,25). The number of hydrogen-bond donors (Lipinski definition) is 1. The van der Waals surface area contributed by atoms with E-state index < -0.39 is 0 Å². The lowest BCUT2D eigenvalue weighted by molar-refractivity contribution is -0.126. The summed E-state index contributed by atoms with van der Waals surface area (Å²) in [5.74, 6) is 0.833. The molecule has 5 nitrogen and oxygen atoms in total. The summed E-state index contributed by atoms with van der Waals surface area (Å²) < 4.78 is 11.1. The SMILES string of the molecule is O=C(NCc1ccc(CN2CCOCC2)cc1)C1COc2ccccc2C1. The van der Waals surface area contributed by atoms with Gasteiger partial charge in [0.05, 0.1) is 19.1 Å². The Balaban J connectivity index is 1.26. The highest BCUT2D eigenvalue weighted by Gasteiger charge is 2.25. The zero-order chi connectivity index (χ0) is 18.5. The van der Waals surface area contributed by atoms with E-state index in [9.17, 15) is 4.79 Å². The second-order valence-electron chi connectivity index (χ2n) is 7.24. The number of hydrogen-bond acceptors (Lipinski definition) is 4. The number of para-hydroxylation sites is 1. The molecule has 5 heteroatoms. The quantitative estimate of drug-likeness (QED) is 0.883. The normalized spacial score (nSPS) is 19.8. The Bertz CT molecular complexity index is 769. The van der Waals surface area contributed by atoms with Gasteiger partial charge in [0.2, 0.25) is 5.91 Å². The summed E-state index contributed by atoms with van der Waals surface area (Å²) in [5.41, 5.74) is 3.52. The van der Waals surface area contributed by atoms with Crippen LogP contribution in [0, 0.1) is 5.92 Å². The highest BCUT2D eigenvalue weighted by molar-refractivity contribution is 5.79. The van der Waals surface area contributed by atoms with Crippen LogP contribution in [0.1, 0.15) is 16.7 Å². The molecule has 1 fully saturated rings. The molecule has 1 unspecified atom stereocenters. The molecular formula is C22H26N2O3. The van der Waals surface area contributed by atoms with Crippen LogP contribution in [-0.4, -0.2) is 43.7 Å². The van der Waals surface area contributed by atoms with Crippen LogP contribution in [0.3, 0.4) is 0 Å². The molecular weight excluding hydrogens is 340 g/mol. The first kappa shape index (κ1) is 18.0. The minimum Gasteiger partial charge on any atom is -0.492 e. The number of ether oxygens (including phenoxy) is 2. The van der Waals surface area contributed by atoms with Gasteiger partial charge < -0.3 is 14.8 Å². The van der Waals surface area contributed by atoms with Crippen molar-refractivity contribution in [2.24, 2.45) is 5.92 Å². The van der Waals surface area contributed by atoms with Gasteiger partial charge in [0.15, 0.2) is 0 Å². The van der Waals surface area contributed by atoms with Crippen LogP contribution in [0.15, 0.2) is 48.5 Å². The molecule has 2 heterocycles. The van der Waals surface area contributed by atoms with Crippen molar-refractivity contribution >= 4 is 5.91 Å². The van der Waals surface area contributed by atoms with Gasteiger partial charge in [0.25, 0.3) is 0 Å². The van der Waals surface area contributed by atoms with Crippen LogP contribution in [0.2, 0.25) is 0 Å². The molecule has 1 saturated heterocycles. The van der Waals surface area contributed by atoms with Crippen molar-refractivity contribution in [3.8, 4) is 5.75 Å². The summed E-state index contributed by atoms with van der Waals surface area (Å²) in [6.07, 6.45) is 0.737. The third-order valence-electron chi connectivity index (χ3n) is 5.25. The van der Waals surface area contributed by atoms with Crippen LogP contribution in [0.4, 0.5) is 0 Å². The smallest absolute Gasteiger partial charge is 0.227 e. The summed E-state index contributed by atoms with van der Waals surface area (Å²) in [6.45, 7) is 5.57. The number of amides is 1. The fourth-order valence-electron chi connectivity index (χ4n) is 3.61. The molecule has 0 bridgehead atoms. The first-order chi connectivity index (χ1) is 13.3. The highest BCUT2D eigenvalue weighted by atomic mass is 16.5. The zero-order valence-electron chi connectivity index (χ0n) is 15.5. The van der Waals surface area contributed by atoms with E-state index in [-0.39, 0.29) is 11.8 Å². The van der Waals surface area contributed by atoms with E-state index in [4.69, 9.17) is 9.47 Å². The molecule has 2 aromatic rings. The van der Waals surface area contributed by atoms with E-state index in [1.807, 2.05) is 24.3 Å². The average molecular weight is 366 g/mol. The fourth-order valence-corrected chi connectivity index (χ4v) is 3.61. The summed E-state index contributed by atoms with van der Waals surface area (Å²) in [4.78, 5) is 14.9. The summed E-state index contributed by atoms with van der Waals surface area (Å²) in [6, 6.07) is 16.4. The first-order valence-electron chi connectivity index (χ1n) is 9.64. The minimum atomic E-state index is -0.125. The molecule has 0 radical (unpaired) electrons. The number of nitrogens with one attached hydrogen (secondary N) is 1. The first-order valence-corrected chi connectivity index (χ1v) is 9.64. The minimum absolute atomic E-state index is 0.0573. The van der Waals surface area contributed by atoms with Gasteiger partial charge in [-0.05, 0) is 29.2 Å². The van der Waals surface area contributed by atoms with Crippen LogP contribution in [0.5, 0.6) is 5.75 Å². The Kier molecular flexibility index (Phi) is 5.70. The Morgan fingerprint density at radius 1 is 1.04 bits per heavy atom. The van der Waals surface area contributed by atoms with Gasteiger partial charge in [-0.25, -0.2) is 0 Å². The predicted octanol–water partition coefficient (Wildman–Crippen LogP) is 2.39. The molecule has 0 saturated carbocycles. The maximum Gasteiger partial charge on any atom is 0.227 e. The number of carbonyl (C=O) groups is 1. The Hall–Kier alpha value is -2.37. The third kappa shape index (κ3) is 4.67. The third-order valence-corrected chi connectivity index (χ3v) is 5.25. The lowest BCUT2D eigenvalue weighted by atomic mass is 9.96. The molecule has 4 rings (SSSR count). The number of benzene rings is 2. The van der Waals surface area contributed by atoms with Gasteiger partial charge in [0, 0.05) is 26.2 Å². The van der Waals surface area contributed by atoms with Crippen molar-refractivity contribution in [3.05, 3.63) is 65.2 Å². The molecule has 27 heavy (non-hydrogen) atoms. The lowest BCUT2D eigenvalue weighted by Crippen LogP contribution is -2.37. The molecule has 1 N–H and O–H groups in total. The zero-order valence-corrected chi connectivity index (χ0v) is 15.5. The average Bonchev–Trinajstić information content (AvgIpc) is 2.73. The van der Waals surface area contributed by atoms with Crippen molar-refractivity contribution in [2.45, 2.75) is 19.5 Å². The van der Waals surface area contributed by atoms with Gasteiger partial charge >= 0.3 is 0 Å². The van der Waals surface area contributed by atoms with Gasteiger partial charge in [0.1, 0.15) is 12.4 Å². The second kappa shape index (κ2) is 8.55. The second-order valence-corrected chi connectivity index (χ2v) is 7.24. The van der Waals surface area contributed by atoms with Crippen LogP contribution in [-0.2, 0) is 29.0 Å². The van der Waals surface area contributed by atoms with E-state index in [0.717, 1.165) is 56.1 Å². The number of fused-ring (bicyclic) bond motifs is 1. The van der Waals surface area contributed by atoms with Crippen LogP contribution < -0.4 is 10.1 Å².